The maximum atomic E-state index is 11.7. The van der Waals surface area contributed by atoms with Gasteiger partial charge >= 0.3 is 178 Å². The second-order valence-electron chi connectivity index (χ2n) is 2.42. The molecule has 0 aliphatic carbocycles. The molecule has 108 valence electrons. The van der Waals surface area contributed by atoms with Crippen LogP contribution in [-0.4, -0.2) is 142 Å². The third-order valence-electron chi connectivity index (χ3n) is 1.29. The van der Waals surface area contributed by atoms with Crippen molar-refractivity contribution < 1.29 is 36.4 Å². The van der Waals surface area contributed by atoms with Gasteiger partial charge < -0.3 is 0 Å². The Morgan fingerprint density at radius 2 is 2.05 bits per heavy atom. The molecule has 1 aliphatic heterocycles. The molecule has 1 rings (SSSR count). The Morgan fingerprint density at radius 3 is 2.67 bits per heavy atom. The predicted octanol–water partition coefficient (Wildman–Crippen LogP) is -4.40. The molecule has 21 heavy (non-hydrogen) atoms. The molecule has 0 aromatic carbocycles. The Balaban J connectivity index is 2.86. The maximum absolute atomic E-state index is 11.7. The SMILES string of the molecule is [O]=[Ge][O][Ge]1([O][Ge](=[O])[O][Ge][O][Ge])[O][Ge]([O][Ge])[O][Ge][O][Ge](=[O])[O]1. The fraction of sp³-hybridized carbons (Fsp3) is 0. The van der Waals surface area contributed by atoms with Crippen molar-refractivity contribution >= 4 is 142 Å². The van der Waals surface area contributed by atoms with Crippen LogP contribution in [-0.2, 0) is 36.4 Å². The van der Waals surface area contributed by atoms with Crippen molar-refractivity contribution in [3.05, 3.63) is 0 Å². The van der Waals surface area contributed by atoms with Gasteiger partial charge in [-0.3, -0.25) is 0 Å². The number of hydrogen-bond donors (Lipinski definition) is 0. The molecule has 1 saturated heterocycles. The summed E-state index contributed by atoms with van der Waals surface area (Å²) in [6, 6.07) is 0. The van der Waals surface area contributed by atoms with Crippen LogP contribution in [0.15, 0.2) is 0 Å². The molecule has 0 saturated carbocycles. The molecule has 0 N–H and O–H groups in total. The average molecular weight is 845 g/mol. The summed E-state index contributed by atoms with van der Waals surface area (Å²) in [4.78, 5) is 0. The monoisotopic (exact) mass is 857 g/mol. The van der Waals surface area contributed by atoms with Crippen LogP contribution in [0.5, 0.6) is 0 Å². The van der Waals surface area contributed by atoms with E-state index in [0.29, 0.717) is 0 Å². The van der Waals surface area contributed by atoms with Gasteiger partial charge in [-0.05, 0) is 0 Å². The zero-order valence-electron chi connectivity index (χ0n) is 9.40. The van der Waals surface area contributed by atoms with Crippen molar-refractivity contribution in [3.8, 4) is 0 Å². The van der Waals surface area contributed by atoms with Crippen molar-refractivity contribution in [2.24, 2.45) is 0 Å². The molecule has 21 heteroatoms. The zero-order valence-corrected chi connectivity index (χ0v) is 28.3. The summed E-state index contributed by atoms with van der Waals surface area (Å²) < 4.78 is 79.5. The van der Waals surface area contributed by atoms with Crippen molar-refractivity contribution in [2.75, 3.05) is 0 Å². The Morgan fingerprint density at radius 1 is 1.29 bits per heavy atom. The minimum absolute atomic E-state index is 1.33. The molecule has 0 aromatic rings. The molecular weight excluding hydrogens is 845 g/mol. The third kappa shape index (κ3) is 8.86. The van der Waals surface area contributed by atoms with Gasteiger partial charge in [-0.1, -0.05) is 0 Å². The van der Waals surface area contributed by atoms with Gasteiger partial charge in [0.25, 0.3) is 0 Å². The standard InChI is InChI=1S/Ge9O12/c1-13-4-15-6(11)19-9(18-3-10)20-7(12)16-5-17-8(14-2)21-9. The van der Waals surface area contributed by atoms with E-state index in [9.17, 15) is 11.3 Å². The molecule has 1 atom stereocenters. The summed E-state index contributed by atoms with van der Waals surface area (Å²) in [7, 11) is 0. The van der Waals surface area contributed by atoms with Gasteiger partial charge in [-0.25, -0.2) is 0 Å². The van der Waals surface area contributed by atoms with E-state index >= 15 is 0 Å². The Kier molecular flexibility index (Phi) is 13.2. The first-order valence-electron chi connectivity index (χ1n) is 4.29. The molecule has 1 fully saturated rings. The first-order valence-corrected chi connectivity index (χ1v) is 22.3. The molecule has 0 aromatic heterocycles. The van der Waals surface area contributed by atoms with Crippen LogP contribution in [0, 0.1) is 0 Å². The molecule has 0 bridgehead atoms. The van der Waals surface area contributed by atoms with Gasteiger partial charge in [0.05, 0.1) is 0 Å². The second-order valence-corrected chi connectivity index (χ2v) is 32.6. The first-order chi connectivity index (χ1) is 10.0. The zero-order chi connectivity index (χ0) is 15.7. The number of rotatable bonds is 8. The van der Waals surface area contributed by atoms with E-state index < -0.39 is 108 Å². The van der Waals surface area contributed by atoms with Crippen LogP contribution in [0.3, 0.4) is 0 Å². The number of hydrogen-bond acceptors (Lipinski definition) is 12. The predicted molar refractivity (Wildman–Crippen MR) is 63.6 cm³/mol. The quantitative estimate of drug-likeness (QED) is 0.219. The van der Waals surface area contributed by atoms with E-state index in [1.165, 1.54) is 33.7 Å². The minimum atomic E-state index is -4.79. The van der Waals surface area contributed by atoms with E-state index in [1.807, 2.05) is 0 Å². The normalized spacial score (nSPS) is 23.0. The molecular formula is Ge9O12. The molecule has 0 spiro atoms. The average Bonchev–Trinajstić information content (AvgIpc) is 2.42. The summed E-state index contributed by atoms with van der Waals surface area (Å²) in [6.07, 6.45) is 0. The third-order valence-corrected chi connectivity index (χ3v) is 34.9. The molecule has 12 radical (unpaired) electrons. The Hall–Kier alpha value is 3.13. The van der Waals surface area contributed by atoms with E-state index in [0.717, 1.165) is 0 Å². The van der Waals surface area contributed by atoms with Crippen molar-refractivity contribution in [2.45, 2.75) is 0 Å². The fourth-order valence-electron chi connectivity index (χ4n) is 0.730. The van der Waals surface area contributed by atoms with E-state index in [2.05, 4.69) is 0 Å². The van der Waals surface area contributed by atoms with Crippen LogP contribution in [0.2, 0.25) is 0 Å². The van der Waals surface area contributed by atoms with Crippen LogP contribution < -0.4 is 0 Å². The van der Waals surface area contributed by atoms with Crippen LogP contribution >= 0.6 is 0 Å². The molecule has 12 nitrogen and oxygen atoms in total. The van der Waals surface area contributed by atoms with Crippen molar-refractivity contribution in [3.63, 3.8) is 0 Å². The van der Waals surface area contributed by atoms with Gasteiger partial charge in [-0.15, -0.1) is 0 Å². The van der Waals surface area contributed by atoms with Crippen LogP contribution in [0.1, 0.15) is 0 Å². The Bertz CT molecular complexity index is 370. The Labute approximate surface area is 175 Å². The van der Waals surface area contributed by atoms with Crippen molar-refractivity contribution in [1.29, 1.82) is 0 Å². The van der Waals surface area contributed by atoms with Gasteiger partial charge in [0.2, 0.25) is 0 Å². The summed E-state index contributed by atoms with van der Waals surface area (Å²) in [6.45, 7) is 0. The molecule has 0 amide bonds. The summed E-state index contributed by atoms with van der Waals surface area (Å²) in [5, 5.41) is 0. The molecule has 1 heterocycles. The fourth-order valence-corrected chi connectivity index (χ4v) is 50.4. The van der Waals surface area contributed by atoms with Gasteiger partial charge in [0.15, 0.2) is 0 Å². The topological polar surface area (TPSA) is 134 Å². The van der Waals surface area contributed by atoms with Crippen molar-refractivity contribution in [1.82, 2.24) is 0 Å². The summed E-state index contributed by atoms with van der Waals surface area (Å²) >= 11 is -17.5. The van der Waals surface area contributed by atoms with E-state index in [-0.39, 0.29) is 0 Å². The molecule has 1 aliphatic rings. The van der Waals surface area contributed by atoms with Gasteiger partial charge in [0.1, 0.15) is 0 Å². The van der Waals surface area contributed by atoms with Crippen LogP contribution in [0.25, 0.3) is 0 Å². The van der Waals surface area contributed by atoms with Crippen LogP contribution in [0.4, 0.5) is 0 Å². The van der Waals surface area contributed by atoms with E-state index in [1.54, 1.807) is 0 Å². The van der Waals surface area contributed by atoms with E-state index in [4.69, 9.17) is 25.1 Å². The molecule has 1 unspecified atom stereocenters. The van der Waals surface area contributed by atoms with Gasteiger partial charge in [-0.2, -0.15) is 0 Å². The first kappa shape index (κ1) is 22.2. The second kappa shape index (κ2) is 12.5. The van der Waals surface area contributed by atoms with Gasteiger partial charge in [0, 0.05) is 0 Å². The summed E-state index contributed by atoms with van der Waals surface area (Å²) in [5.41, 5.74) is 0. The summed E-state index contributed by atoms with van der Waals surface area (Å²) in [5.74, 6) is 0.